The van der Waals surface area contributed by atoms with Crippen molar-refractivity contribution in [2.75, 3.05) is 31.2 Å². The van der Waals surface area contributed by atoms with Gasteiger partial charge in [-0.25, -0.2) is 9.48 Å². The lowest BCUT2D eigenvalue weighted by Crippen LogP contribution is -3.00. The fourth-order valence-electron chi connectivity index (χ4n) is 4.65. The number of β-amino-alcohol motifs (C(OH)–C–C–N with tert-alkyl or cyclic N) is 1. The zero-order valence-electron chi connectivity index (χ0n) is 16.7. The molecule has 0 fully saturated rings. The summed E-state index contributed by atoms with van der Waals surface area (Å²) in [6.07, 6.45) is 4.43. The van der Waals surface area contributed by atoms with Crippen molar-refractivity contribution < 1.29 is 36.1 Å². The van der Waals surface area contributed by atoms with Crippen molar-refractivity contribution in [3.63, 3.8) is 0 Å². The first-order valence-corrected chi connectivity index (χ1v) is 10.3. The number of hydrogen-bond donors (Lipinski definition) is 1. The molecule has 5 rings (SSSR count). The zero-order chi connectivity index (χ0) is 19.1. The van der Waals surface area contributed by atoms with E-state index in [1.54, 1.807) is 0 Å². The second-order valence-electron chi connectivity index (χ2n) is 7.98. The quantitative estimate of drug-likeness (QED) is 0.662. The molecule has 0 spiro atoms. The van der Waals surface area contributed by atoms with Gasteiger partial charge in [0, 0.05) is 12.0 Å². The predicted molar refractivity (Wildman–Crippen MR) is 108 cm³/mol. The van der Waals surface area contributed by atoms with Crippen LogP contribution in [0, 0.1) is 6.92 Å². The Morgan fingerprint density at radius 3 is 2.66 bits per heavy atom. The van der Waals surface area contributed by atoms with Crippen LogP contribution in [0.4, 0.5) is 5.69 Å². The molecule has 5 nitrogen and oxygen atoms in total. The fraction of sp³-hybridized carbons (Fsp3) is 0.435. The highest BCUT2D eigenvalue weighted by atomic mass is 79.9. The van der Waals surface area contributed by atoms with Crippen LogP contribution in [0.25, 0.3) is 0 Å². The Hall–Kier alpha value is -2.05. The van der Waals surface area contributed by atoms with Gasteiger partial charge in [-0.1, -0.05) is 12.1 Å². The van der Waals surface area contributed by atoms with Crippen LogP contribution in [0.1, 0.15) is 36.8 Å². The van der Waals surface area contributed by atoms with Crippen molar-refractivity contribution in [3.8, 4) is 11.5 Å². The summed E-state index contributed by atoms with van der Waals surface area (Å²) in [6.45, 7) is 4.61. The van der Waals surface area contributed by atoms with E-state index in [4.69, 9.17) is 9.47 Å². The lowest BCUT2D eigenvalue weighted by atomic mass is 10.0. The third kappa shape index (κ3) is 3.53. The molecular formula is C23H27BrN2O3. The minimum absolute atomic E-state index is 0. The Balaban J connectivity index is 0.00000205. The number of nitrogens with zero attached hydrogens (tertiary/aromatic N) is 2. The van der Waals surface area contributed by atoms with Gasteiger partial charge in [0.15, 0.2) is 18.0 Å². The van der Waals surface area contributed by atoms with Crippen molar-refractivity contribution in [1.29, 1.82) is 0 Å². The van der Waals surface area contributed by atoms with Crippen LogP contribution < -0.4 is 31.4 Å². The highest BCUT2D eigenvalue weighted by Crippen LogP contribution is 2.39. The molecule has 1 N–H and O–H groups in total. The molecule has 154 valence electrons. The van der Waals surface area contributed by atoms with E-state index in [2.05, 4.69) is 40.7 Å². The normalized spacial score (nSPS) is 23.3. The Kier molecular flexibility index (Phi) is 5.58. The molecule has 3 heterocycles. The maximum absolute atomic E-state index is 12.0. The van der Waals surface area contributed by atoms with E-state index in [1.807, 2.05) is 18.2 Å². The van der Waals surface area contributed by atoms with E-state index in [-0.39, 0.29) is 17.0 Å². The number of aryl methyl sites for hydroxylation is 1. The molecule has 0 aromatic heterocycles. The molecule has 0 bridgehead atoms. The second kappa shape index (κ2) is 8.00. The van der Waals surface area contributed by atoms with Crippen LogP contribution in [-0.4, -0.2) is 41.8 Å². The molecule has 6 heteroatoms. The second-order valence-corrected chi connectivity index (χ2v) is 7.98. The van der Waals surface area contributed by atoms with Gasteiger partial charge in [0.1, 0.15) is 18.9 Å². The summed E-state index contributed by atoms with van der Waals surface area (Å²) in [4.78, 5) is 2.30. The first-order valence-electron chi connectivity index (χ1n) is 10.3. The summed E-state index contributed by atoms with van der Waals surface area (Å²) in [5.41, 5.74) is 2.17. The predicted octanol–water partition coefficient (Wildman–Crippen LogP) is 0.421. The third-order valence-electron chi connectivity index (χ3n) is 6.05. The SMILES string of the molecule is Cc1cccc(N2CC(O)(c3ccc4c(c3)OCCO4)[N+]3=C2CCCCC3)c1.[Br-]. The smallest absolute Gasteiger partial charge is 0.271 e. The van der Waals surface area contributed by atoms with Gasteiger partial charge in [0.05, 0.1) is 6.54 Å². The van der Waals surface area contributed by atoms with Crippen molar-refractivity contribution >= 4 is 11.5 Å². The third-order valence-corrected chi connectivity index (χ3v) is 6.05. The maximum Gasteiger partial charge on any atom is 0.271 e. The summed E-state index contributed by atoms with van der Waals surface area (Å²) in [5.74, 6) is 2.70. The van der Waals surface area contributed by atoms with Gasteiger partial charge < -0.3 is 31.6 Å². The summed E-state index contributed by atoms with van der Waals surface area (Å²) in [5, 5.41) is 12.0. The van der Waals surface area contributed by atoms with Crippen molar-refractivity contribution in [2.24, 2.45) is 0 Å². The van der Waals surface area contributed by atoms with Crippen molar-refractivity contribution in [1.82, 2.24) is 0 Å². The summed E-state index contributed by atoms with van der Waals surface area (Å²) in [6, 6.07) is 14.4. The van der Waals surface area contributed by atoms with E-state index in [9.17, 15) is 5.11 Å². The minimum atomic E-state index is -1.07. The largest absolute Gasteiger partial charge is 1.00 e. The molecule has 0 saturated carbocycles. The Labute approximate surface area is 182 Å². The molecule has 2 aromatic rings. The highest BCUT2D eigenvalue weighted by Gasteiger charge is 2.52. The van der Waals surface area contributed by atoms with E-state index in [0.29, 0.717) is 19.8 Å². The van der Waals surface area contributed by atoms with Gasteiger partial charge in [-0.05, 0) is 62.1 Å². The number of ether oxygens (including phenoxy) is 2. The standard InChI is InChI=1S/C23H27N2O3.BrH/c1-17-6-5-7-19(14-17)24-16-23(26,25-11-4-2-3-8-22(24)25)18-9-10-20-21(15-18)28-13-12-27-20;/h5-7,9-10,14-15,26H,2-4,8,11-13,16H2,1H3;1H/q+1;/p-1. The van der Waals surface area contributed by atoms with Crippen LogP contribution in [-0.2, 0) is 5.72 Å². The van der Waals surface area contributed by atoms with Gasteiger partial charge in [-0.15, -0.1) is 0 Å². The van der Waals surface area contributed by atoms with E-state index in [0.717, 1.165) is 48.6 Å². The number of benzene rings is 2. The van der Waals surface area contributed by atoms with Gasteiger partial charge in [0.2, 0.25) is 0 Å². The molecule has 1 atom stereocenters. The average Bonchev–Trinajstić information content (AvgIpc) is 2.86. The fourth-order valence-corrected chi connectivity index (χ4v) is 4.65. The van der Waals surface area contributed by atoms with Crippen LogP contribution in [0.5, 0.6) is 11.5 Å². The molecule has 2 aromatic carbocycles. The summed E-state index contributed by atoms with van der Waals surface area (Å²) in [7, 11) is 0. The number of anilines is 1. The number of hydrogen-bond acceptors (Lipinski definition) is 4. The molecular weight excluding hydrogens is 432 g/mol. The van der Waals surface area contributed by atoms with Gasteiger partial charge in [-0.2, -0.15) is 0 Å². The Bertz CT molecular complexity index is 945. The summed E-state index contributed by atoms with van der Waals surface area (Å²) >= 11 is 0. The molecule has 0 amide bonds. The van der Waals surface area contributed by atoms with Crippen LogP contribution in [0.3, 0.4) is 0 Å². The monoisotopic (exact) mass is 458 g/mol. The van der Waals surface area contributed by atoms with Crippen LogP contribution >= 0.6 is 0 Å². The first kappa shape index (κ1) is 20.2. The Morgan fingerprint density at radius 1 is 1.00 bits per heavy atom. The molecule has 0 aliphatic carbocycles. The molecule has 0 saturated heterocycles. The average molecular weight is 459 g/mol. The Morgan fingerprint density at radius 2 is 1.83 bits per heavy atom. The topological polar surface area (TPSA) is 44.9 Å². The van der Waals surface area contributed by atoms with E-state index < -0.39 is 5.72 Å². The maximum atomic E-state index is 12.0. The van der Waals surface area contributed by atoms with Crippen molar-refractivity contribution in [2.45, 2.75) is 38.3 Å². The van der Waals surface area contributed by atoms with Gasteiger partial charge in [0.25, 0.3) is 11.6 Å². The molecule has 3 aliphatic heterocycles. The lowest BCUT2D eigenvalue weighted by Gasteiger charge is -2.26. The molecule has 1 unspecified atom stereocenters. The zero-order valence-corrected chi connectivity index (χ0v) is 18.3. The number of amidine groups is 1. The van der Waals surface area contributed by atoms with E-state index >= 15 is 0 Å². The van der Waals surface area contributed by atoms with Crippen molar-refractivity contribution in [3.05, 3.63) is 53.6 Å². The van der Waals surface area contributed by atoms with E-state index in [1.165, 1.54) is 17.8 Å². The number of fused-ring (bicyclic) bond motifs is 1. The number of aliphatic hydroxyl groups is 1. The minimum Gasteiger partial charge on any atom is -1.00 e. The lowest BCUT2D eigenvalue weighted by molar-refractivity contribution is -0.658. The van der Waals surface area contributed by atoms with Crippen LogP contribution in [0.2, 0.25) is 0 Å². The van der Waals surface area contributed by atoms with Gasteiger partial charge >= 0.3 is 0 Å². The van der Waals surface area contributed by atoms with Gasteiger partial charge in [-0.3, -0.25) is 0 Å². The highest BCUT2D eigenvalue weighted by molar-refractivity contribution is 5.96. The molecule has 3 aliphatic rings. The first-order chi connectivity index (χ1) is 13.6. The molecule has 29 heavy (non-hydrogen) atoms. The molecule has 0 radical (unpaired) electrons. The number of rotatable bonds is 2. The number of halogens is 1. The summed E-state index contributed by atoms with van der Waals surface area (Å²) < 4.78 is 13.7. The van der Waals surface area contributed by atoms with Crippen LogP contribution in [0.15, 0.2) is 42.5 Å².